The Morgan fingerprint density at radius 2 is 2.00 bits per heavy atom. The SMILES string of the molecule is CCCC(N)(c1cccc(OC)c1)C(C)N1CCCCC1. The van der Waals surface area contributed by atoms with E-state index in [1.165, 1.54) is 37.9 Å². The number of methoxy groups -OCH3 is 1. The minimum Gasteiger partial charge on any atom is -0.497 e. The largest absolute Gasteiger partial charge is 0.497 e. The van der Waals surface area contributed by atoms with Gasteiger partial charge in [-0.3, -0.25) is 4.90 Å². The van der Waals surface area contributed by atoms with Crippen LogP contribution in [0.1, 0.15) is 51.5 Å². The van der Waals surface area contributed by atoms with Gasteiger partial charge >= 0.3 is 0 Å². The topological polar surface area (TPSA) is 38.5 Å². The molecule has 1 aromatic rings. The molecule has 2 atom stereocenters. The van der Waals surface area contributed by atoms with Crippen LogP contribution in [0.2, 0.25) is 0 Å². The maximum atomic E-state index is 6.93. The van der Waals surface area contributed by atoms with E-state index in [0.717, 1.165) is 18.6 Å². The Bertz CT molecular complexity index is 443. The average molecular weight is 290 g/mol. The molecule has 2 unspecified atom stereocenters. The van der Waals surface area contributed by atoms with Gasteiger partial charge in [0.2, 0.25) is 0 Å². The van der Waals surface area contributed by atoms with Crippen LogP contribution >= 0.6 is 0 Å². The molecule has 2 N–H and O–H groups in total. The molecule has 0 amide bonds. The number of ether oxygens (including phenoxy) is 1. The molecule has 0 aliphatic carbocycles. The maximum Gasteiger partial charge on any atom is 0.119 e. The van der Waals surface area contributed by atoms with E-state index in [1.807, 2.05) is 12.1 Å². The van der Waals surface area contributed by atoms with Gasteiger partial charge in [-0.15, -0.1) is 0 Å². The molecule has 3 nitrogen and oxygen atoms in total. The van der Waals surface area contributed by atoms with Crippen LogP contribution < -0.4 is 10.5 Å². The summed E-state index contributed by atoms with van der Waals surface area (Å²) < 4.78 is 5.38. The molecule has 0 spiro atoms. The number of nitrogens with zero attached hydrogens (tertiary/aromatic N) is 1. The van der Waals surface area contributed by atoms with Crippen molar-refractivity contribution in [3.8, 4) is 5.75 Å². The van der Waals surface area contributed by atoms with Crippen LogP contribution in [0.4, 0.5) is 0 Å². The first kappa shape index (κ1) is 16.3. The number of hydrogen-bond acceptors (Lipinski definition) is 3. The lowest BCUT2D eigenvalue weighted by Crippen LogP contribution is -2.55. The van der Waals surface area contributed by atoms with Crippen molar-refractivity contribution < 1.29 is 4.74 Å². The number of hydrogen-bond donors (Lipinski definition) is 1. The van der Waals surface area contributed by atoms with E-state index in [1.54, 1.807) is 7.11 Å². The van der Waals surface area contributed by atoms with Crippen LogP contribution in [0.5, 0.6) is 5.75 Å². The van der Waals surface area contributed by atoms with Crippen molar-refractivity contribution in [1.29, 1.82) is 0 Å². The van der Waals surface area contributed by atoms with Crippen molar-refractivity contribution >= 4 is 0 Å². The fourth-order valence-electron chi connectivity index (χ4n) is 3.55. The van der Waals surface area contributed by atoms with Crippen LogP contribution in [-0.4, -0.2) is 31.1 Å². The quantitative estimate of drug-likeness (QED) is 0.871. The first-order valence-electron chi connectivity index (χ1n) is 8.29. The summed E-state index contributed by atoms with van der Waals surface area (Å²) in [6.45, 7) is 6.85. The highest BCUT2D eigenvalue weighted by Crippen LogP contribution is 2.33. The first-order valence-corrected chi connectivity index (χ1v) is 8.29. The van der Waals surface area contributed by atoms with E-state index in [4.69, 9.17) is 10.5 Å². The van der Waals surface area contributed by atoms with Crippen LogP contribution in [-0.2, 0) is 5.54 Å². The Morgan fingerprint density at radius 1 is 1.29 bits per heavy atom. The van der Waals surface area contributed by atoms with Crippen LogP contribution in [0.15, 0.2) is 24.3 Å². The Hall–Kier alpha value is -1.06. The van der Waals surface area contributed by atoms with Crippen molar-refractivity contribution in [1.82, 2.24) is 4.90 Å². The zero-order valence-electron chi connectivity index (χ0n) is 13.8. The molecule has 0 radical (unpaired) electrons. The van der Waals surface area contributed by atoms with Crippen molar-refractivity contribution in [3.63, 3.8) is 0 Å². The number of rotatable bonds is 6. The highest BCUT2D eigenvalue weighted by atomic mass is 16.5. The molecular weight excluding hydrogens is 260 g/mol. The molecule has 1 aliphatic rings. The molecule has 2 rings (SSSR count). The van der Waals surface area contributed by atoms with Gasteiger partial charge in [-0.2, -0.15) is 0 Å². The van der Waals surface area contributed by atoms with E-state index < -0.39 is 0 Å². The fraction of sp³-hybridized carbons (Fsp3) is 0.667. The Kier molecular flexibility index (Phi) is 5.65. The zero-order valence-corrected chi connectivity index (χ0v) is 13.8. The molecule has 1 aliphatic heterocycles. The third-order valence-electron chi connectivity index (χ3n) is 4.95. The summed E-state index contributed by atoms with van der Waals surface area (Å²) in [4.78, 5) is 2.57. The number of piperidine rings is 1. The zero-order chi connectivity index (χ0) is 15.3. The van der Waals surface area contributed by atoms with Gasteiger partial charge in [0.1, 0.15) is 5.75 Å². The molecule has 1 aromatic carbocycles. The summed E-state index contributed by atoms with van der Waals surface area (Å²) in [5, 5.41) is 0. The second-order valence-corrected chi connectivity index (χ2v) is 6.29. The second kappa shape index (κ2) is 7.28. The van der Waals surface area contributed by atoms with Gasteiger partial charge in [-0.25, -0.2) is 0 Å². The number of likely N-dealkylation sites (tertiary alicyclic amines) is 1. The third kappa shape index (κ3) is 3.58. The molecule has 3 heteroatoms. The van der Waals surface area contributed by atoms with Crippen molar-refractivity contribution in [2.24, 2.45) is 5.73 Å². The van der Waals surface area contributed by atoms with Crippen molar-refractivity contribution in [3.05, 3.63) is 29.8 Å². The molecule has 0 saturated carbocycles. The summed E-state index contributed by atoms with van der Waals surface area (Å²) in [6.07, 6.45) is 6.03. The van der Waals surface area contributed by atoms with E-state index in [-0.39, 0.29) is 5.54 Å². The standard InChI is InChI=1S/C18H30N2O/c1-4-11-18(19,15(2)20-12-6-5-7-13-20)16-9-8-10-17(14-16)21-3/h8-10,14-15H,4-7,11-13,19H2,1-3H3. The molecule has 0 aromatic heterocycles. The minimum absolute atomic E-state index is 0.305. The predicted molar refractivity (Wildman–Crippen MR) is 88.7 cm³/mol. The number of nitrogens with two attached hydrogens (primary N) is 1. The van der Waals surface area contributed by atoms with E-state index >= 15 is 0 Å². The van der Waals surface area contributed by atoms with Gasteiger partial charge in [0, 0.05) is 6.04 Å². The molecule has 21 heavy (non-hydrogen) atoms. The highest BCUT2D eigenvalue weighted by molar-refractivity contribution is 5.34. The van der Waals surface area contributed by atoms with Crippen molar-refractivity contribution in [2.75, 3.05) is 20.2 Å². The Labute approximate surface area is 129 Å². The van der Waals surface area contributed by atoms with Gasteiger partial charge in [-0.1, -0.05) is 31.9 Å². The summed E-state index contributed by atoms with van der Waals surface area (Å²) in [7, 11) is 1.71. The number of benzene rings is 1. The van der Waals surface area contributed by atoms with Gasteiger partial charge in [0.05, 0.1) is 12.6 Å². The monoisotopic (exact) mass is 290 g/mol. The highest BCUT2D eigenvalue weighted by Gasteiger charge is 2.37. The molecule has 118 valence electrons. The molecular formula is C18H30N2O. The summed E-state index contributed by atoms with van der Waals surface area (Å²) >= 11 is 0. The summed E-state index contributed by atoms with van der Waals surface area (Å²) in [5.41, 5.74) is 7.82. The molecule has 1 heterocycles. The smallest absolute Gasteiger partial charge is 0.119 e. The van der Waals surface area contributed by atoms with Crippen molar-refractivity contribution in [2.45, 2.75) is 57.5 Å². The second-order valence-electron chi connectivity index (χ2n) is 6.29. The lowest BCUT2D eigenvalue weighted by molar-refractivity contribution is 0.102. The minimum atomic E-state index is -0.305. The normalized spacial score (nSPS) is 20.8. The van der Waals surface area contributed by atoms with Gasteiger partial charge < -0.3 is 10.5 Å². The fourth-order valence-corrected chi connectivity index (χ4v) is 3.55. The average Bonchev–Trinajstić information content (AvgIpc) is 2.55. The lowest BCUT2D eigenvalue weighted by atomic mass is 9.79. The maximum absolute atomic E-state index is 6.93. The van der Waals surface area contributed by atoms with E-state index in [0.29, 0.717) is 6.04 Å². The first-order chi connectivity index (χ1) is 10.1. The van der Waals surface area contributed by atoms with Gasteiger partial charge in [-0.05, 0) is 57.0 Å². The van der Waals surface area contributed by atoms with Crippen LogP contribution in [0.25, 0.3) is 0 Å². The Balaban J connectivity index is 2.28. The van der Waals surface area contributed by atoms with Gasteiger partial charge in [0.15, 0.2) is 0 Å². The van der Waals surface area contributed by atoms with E-state index in [9.17, 15) is 0 Å². The molecule has 1 fully saturated rings. The lowest BCUT2D eigenvalue weighted by Gasteiger charge is -2.44. The third-order valence-corrected chi connectivity index (χ3v) is 4.95. The molecule has 0 bridgehead atoms. The predicted octanol–water partition coefficient (Wildman–Crippen LogP) is 3.52. The van der Waals surface area contributed by atoms with Gasteiger partial charge in [0.25, 0.3) is 0 Å². The Morgan fingerprint density at radius 3 is 2.62 bits per heavy atom. The van der Waals surface area contributed by atoms with Crippen LogP contribution in [0, 0.1) is 0 Å². The molecule has 1 saturated heterocycles. The summed E-state index contributed by atoms with van der Waals surface area (Å²) in [6, 6.07) is 8.65. The van der Waals surface area contributed by atoms with E-state index in [2.05, 4.69) is 30.9 Å². The van der Waals surface area contributed by atoms with Crippen LogP contribution in [0.3, 0.4) is 0 Å². The summed E-state index contributed by atoms with van der Waals surface area (Å²) in [5.74, 6) is 0.893.